The van der Waals surface area contributed by atoms with E-state index in [0.717, 1.165) is 18.9 Å². The molecule has 0 radical (unpaired) electrons. The number of hydrogen-bond acceptors (Lipinski definition) is 6. The van der Waals surface area contributed by atoms with Gasteiger partial charge in [0.25, 0.3) is 5.56 Å². The van der Waals surface area contributed by atoms with E-state index < -0.39 is 17.8 Å². The number of aryl methyl sites for hydroxylation is 1. The summed E-state index contributed by atoms with van der Waals surface area (Å²) in [7, 11) is 0. The quantitative estimate of drug-likeness (QED) is 0.428. The molecule has 0 bridgehead atoms. The zero-order chi connectivity index (χ0) is 24.0. The Labute approximate surface area is 198 Å². The lowest BCUT2D eigenvalue weighted by atomic mass is 9.89. The third-order valence-electron chi connectivity index (χ3n) is 6.54. The molecule has 3 atom stereocenters. The largest absolute Gasteiger partial charge is 0.480 e. The third-order valence-corrected chi connectivity index (χ3v) is 6.86. The van der Waals surface area contributed by atoms with Crippen molar-refractivity contribution < 1.29 is 18.8 Å². The lowest BCUT2D eigenvalue weighted by Crippen LogP contribution is -2.42. The minimum atomic E-state index is -1.25. The van der Waals surface area contributed by atoms with Gasteiger partial charge in [0.15, 0.2) is 5.58 Å². The van der Waals surface area contributed by atoms with Crippen molar-refractivity contribution in [2.24, 2.45) is 0 Å². The predicted molar refractivity (Wildman–Crippen MR) is 125 cm³/mol. The summed E-state index contributed by atoms with van der Waals surface area (Å²) in [5.74, 6) is -1.82. The van der Waals surface area contributed by atoms with Gasteiger partial charge < -0.3 is 14.2 Å². The second-order valence-corrected chi connectivity index (χ2v) is 9.04. The van der Waals surface area contributed by atoms with Crippen LogP contribution < -0.4 is 10.9 Å². The maximum absolute atomic E-state index is 14.3. The van der Waals surface area contributed by atoms with E-state index in [0.29, 0.717) is 45.4 Å². The van der Waals surface area contributed by atoms with E-state index in [9.17, 15) is 19.1 Å². The topological polar surface area (TPSA) is 110 Å². The van der Waals surface area contributed by atoms with Gasteiger partial charge in [0.05, 0.1) is 21.6 Å². The van der Waals surface area contributed by atoms with Crippen LogP contribution in [0.15, 0.2) is 46.0 Å². The number of nitrogens with zero attached hydrogens (tertiary/aromatic N) is 3. The maximum Gasteiger partial charge on any atom is 0.325 e. The predicted octanol–water partition coefficient (Wildman–Crippen LogP) is 4.54. The summed E-state index contributed by atoms with van der Waals surface area (Å²) in [6.45, 7) is 1.71. The summed E-state index contributed by atoms with van der Waals surface area (Å²) in [6.07, 6.45) is 5.19. The van der Waals surface area contributed by atoms with E-state index >= 15 is 0 Å². The first-order valence-electron chi connectivity index (χ1n) is 11.0. The fraction of sp³-hybridized carbons (Fsp3) is 0.333. The highest BCUT2D eigenvalue weighted by molar-refractivity contribution is 6.37. The molecule has 3 heterocycles. The number of aromatic nitrogens is 3. The van der Waals surface area contributed by atoms with Gasteiger partial charge in [-0.25, -0.2) is 4.39 Å². The van der Waals surface area contributed by atoms with Crippen LogP contribution in [0.5, 0.6) is 0 Å². The molecule has 0 amide bonds. The minimum Gasteiger partial charge on any atom is -0.480 e. The van der Waals surface area contributed by atoms with Crippen molar-refractivity contribution in [3.05, 3.63) is 69.1 Å². The average molecular weight is 485 g/mol. The maximum atomic E-state index is 14.3. The molecule has 3 aromatic heterocycles. The SMILES string of the molecule is Cc1noc2c1c(=O)n([C@H]1CCCC(N[C@@H](C(=O)O)c3cnccc3F)C1)c1cccc(Cl)c21. The second-order valence-electron chi connectivity index (χ2n) is 8.63. The molecule has 2 N–H and O–H groups in total. The van der Waals surface area contributed by atoms with Gasteiger partial charge in [0, 0.05) is 30.0 Å². The number of carboxylic acids is 1. The highest BCUT2D eigenvalue weighted by atomic mass is 35.5. The number of carbonyl (C=O) groups is 1. The molecule has 1 aliphatic rings. The number of rotatable bonds is 5. The van der Waals surface area contributed by atoms with Gasteiger partial charge >= 0.3 is 5.97 Å². The molecule has 0 spiro atoms. The molecule has 1 unspecified atom stereocenters. The van der Waals surface area contributed by atoms with E-state index in [1.165, 1.54) is 12.4 Å². The number of hydrogen-bond donors (Lipinski definition) is 2. The monoisotopic (exact) mass is 484 g/mol. The second kappa shape index (κ2) is 8.81. The Morgan fingerprint density at radius 1 is 1.32 bits per heavy atom. The summed E-state index contributed by atoms with van der Waals surface area (Å²) < 4.78 is 21.5. The number of pyridine rings is 2. The van der Waals surface area contributed by atoms with Gasteiger partial charge in [-0.1, -0.05) is 22.8 Å². The molecule has 34 heavy (non-hydrogen) atoms. The van der Waals surface area contributed by atoms with Crippen LogP contribution in [0, 0.1) is 12.7 Å². The van der Waals surface area contributed by atoms with E-state index in [1.54, 1.807) is 23.6 Å². The first-order valence-corrected chi connectivity index (χ1v) is 11.4. The highest BCUT2D eigenvalue weighted by Gasteiger charge is 2.32. The van der Waals surface area contributed by atoms with Crippen molar-refractivity contribution in [3.8, 4) is 0 Å². The Bertz CT molecular complexity index is 1470. The molecule has 10 heteroatoms. The summed E-state index contributed by atoms with van der Waals surface area (Å²) in [5.41, 5.74) is 1.25. The number of carboxylic acid groups (broad SMARTS) is 1. The first-order chi connectivity index (χ1) is 16.4. The number of aliphatic carboxylic acids is 1. The van der Waals surface area contributed by atoms with Crippen LogP contribution in [0.2, 0.25) is 5.02 Å². The summed E-state index contributed by atoms with van der Waals surface area (Å²) in [6, 6.07) is 4.76. The van der Waals surface area contributed by atoms with Gasteiger partial charge in [0.1, 0.15) is 17.2 Å². The van der Waals surface area contributed by atoms with Crippen LogP contribution in [0.1, 0.15) is 49.0 Å². The molecule has 1 aromatic carbocycles. The Balaban J connectivity index is 1.55. The fourth-order valence-corrected chi connectivity index (χ4v) is 5.26. The van der Waals surface area contributed by atoms with Gasteiger partial charge in [-0.15, -0.1) is 0 Å². The van der Waals surface area contributed by atoms with Crippen LogP contribution in [-0.4, -0.2) is 31.8 Å². The Morgan fingerprint density at radius 3 is 2.91 bits per heavy atom. The van der Waals surface area contributed by atoms with Crippen LogP contribution in [0.25, 0.3) is 21.9 Å². The fourth-order valence-electron chi connectivity index (χ4n) is 5.00. The van der Waals surface area contributed by atoms with Gasteiger partial charge in [-0.05, 0) is 50.8 Å². The lowest BCUT2D eigenvalue weighted by molar-refractivity contribution is -0.140. The summed E-state index contributed by atoms with van der Waals surface area (Å²) in [5, 5.41) is 18.3. The van der Waals surface area contributed by atoms with Gasteiger partial charge in [-0.2, -0.15) is 0 Å². The zero-order valence-corrected chi connectivity index (χ0v) is 19.1. The Hall–Kier alpha value is -3.30. The smallest absolute Gasteiger partial charge is 0.325 e. The Kier molecular flexibility index (Phi) is 5.83. The molecule has 5 rings (SSSR count). The van der Waals surface area contributed by atoms with E-state index in [4.69, 9.17) is 16.1 Å². The zero-order valence-electron chi connectivity index (χ0n) is 18.3. The summed E-state index contributed by atoms with van der Waals surface area (Å²) >= 11 is 6.50. The average Bonchev–Trinajstić information content (AvgIpc) is 3.20. The molecule has 1 saturated carbocycles. The lowest BCUT2D eigenvalue weighted by Gasteiger charge is -2.33. The van der Waals surface area contributed by atoms with E-state index in [2.05, 4.69) is 15.5 Å². The summed E-state index contributed by atoms with van der Waals surface area (Å²) in [4.78, 5) is 29.4. The van der Waals surface area contributed by atoms with Gasteiger partial charge in [-0.3, -0.25) is 19.9 Å². The molecule has 1 fully saturated rings. The van der Waals surface area contributed by atoms with Gasteiger partial charge in [0.2, 0.25) is 0 Å². The van der Waals surface area contributed by atoms with Crippen LogP contribution >= 0.6 is 11.6 Å². The van der Waals surface area contributed by atoms with E-state index in [1.807, 2.05) is 6.07 Å². The molecule has 176 valence electrons. The number of nitrogens with one attached hydrogen (secondary N) is 1. The molecular formula is C24H22ClFN4O4. The standard InChI is InChI=1S/C24H22ClFN4O4/c1-12-19-22(34-29-12)20-16(25)6-3-7-18(20)30(23(19)31)14-5-2-4-13(10-14)28-21(24(32)33)15-11-27-9-8-17(15)26/h3,6-9,11,13-14,21,28H,2,4-5,10H2,1H3,(H,32,33)/t13?,14-,21+/m0/s1. The number of benzene rings is 1. The van der Waals surface area contributed by atoms with E-state index in [-0.39, 0.29) is 23.2 Å². The van der Waals surface area contributed by atoms with Crippen molar-refractivity contribution in [2.75, 3.05) is 0 Å². The molecule has 0 saturated heterocycles. The molecule has 8 nitrogen and oxygen atoms in total. The van der Waals surface area contributed by atoms with Crippen molar-refractivity contribution in [3.63, 3.8) is 0 Å². The minimum absolute atomic E-state index is 0.0203. The number of halogens is 2. The highest BCUT2D eigenvalue weighted by Crippen LogP contribution is 2.36. The van der Waals surface area contributed by atoms with Crippen molar-refractivity contribution in [1.82, 2.24) is 20.0 Å². The number of fused-ring (bicyclic) bond motifs is 3. The van der Waals surface area contributed by atoms with Crippen molar-refractivity contribution in [1.29, 1.82) is 0 Å². The normalized spacial score (nSPS) is 19.5. The molecule has 1 aliphatic carbocycles. The first kappa shape index (κ1) is 22.5. The molecule has 0 aliphatic heterocycles. The molecule has 4 aromatic rings. The van der Waals surface area contributed by atoms with Crippen molar-refractivity contribution >= 4 is 39.4 Å². The van der Waals surface area contributed by atoms with Crippen LogP contribution in [0.3, 0.4) is 0 Å². The van der Waals surface area contributed by atoms with Crippen molar-refractivity contribution in [2.45, 2.75) is 50.7 Å². The van der Waals surface area contributed by atoms with Crippen LogP contribution in [0.4, 0.5) is 4.39 Å². The third kappa shape index (κ3) is 3.74. The molecular weight excluding hydrogens is 463 g/mol. The Morgan fingerprint density at radius 2 is 2.15 bits per heavy atom. The van der Waals surface area contributed by atoms with Crippen LogP contribution in [-0.2, 0) is 4.79 Å².